The second-order valence-electron chi connectivity index (χ2n) is 12.3. The van der Waals surface area contributed by atoms with Crippen molar-refractivity contribution in [2.24, 2.45) is 17.8 Å². The number of ether oxygens (including phenoxy) is 2. The first-order valence-electron chi connectivity index (χ1n) is 14.3. The molecule has 236 valence electrons. The van der Waals surface area contributed by atoms with Crippen molar-refractivity contribution in [3.8, 4) is 0 Å². The molecule has 0 bridgehead atoms. The molecule has 0 aromatic rings. The minimum atomic E-state index is -3.78. The largest absolute Gasteiger partial charge is 0.481 e. The minimum Gasteiger partial charge on any atom is -0.481 e. The van der Waals surface area contributed by atoms with E-state index in [1.54, 1.807) is 0 Å². The Morgan fingerprint density at radius 2 is 1.73 bits per heavy atom. The third-order valence-electron chi connectivity index (χ3n) is 7.35. The zero-order chi connectivity index (χ0) is 30.1. The van der Waals surface area contributed by atoms with Gasteiger partial charge in [0.15, 0.2) is 14.6 Å². The molecule has 1 aliphatic carbocycles. The summed E-state index contributed by atoms with van der Waals surface area (Å²) in [4.78, 5) is 11.0. The predicted octanol–water partition coefficient (Wildman–Crippen LogP) is 4.14. The SMILES string of the molecule is CC(C)C[Si](C)(C)OC[C@@H]1[C@@H](CC[C@@H](CCCC(=O)O)OS(C)(=O)=O)[C@H](OS(C)(=O)=O)C[C@H]1OC1CCCCO1. The van der Waals surface area contributed by atoms with Crippen LogP contribution in [0.3, 0.4) is 0 Å². The van der Waals surface area contributed by atoms with E-state index in [1.807, 2.05) is 0 Å². The molecule has 0 aromatic carbocycles. The smallest absolute Gasteiger partial charge is 0.303 e. The molecular formula is C26H50O11S2Si. The predicted molar refractivity (Wildman–Crippen MR) is 153 cm³/mol. The summed E-state index contributed by atoms with van der Waals surface area (Å²) in [7, 11) is -9.59. The molecular weight excluding hydrogens is 580 g/mol. The fourth-order valence-electron chi connectivity index (χ4n) is 5.98. The second-order valence-corrected chi connectivity index (χ2v) is 19.7. The summed E-state index contributed by atoms with van der Waals surface area (Å²) in [6.07, 6.45) is 4.00. The normalized spacial score (nSPS) is 27.2. The number of carbonyl (C=O) groups is 1. The lowest BCUT2D eigenvalue weighted by Gasteiger charge is -2.33. The standard InChI is InChI=1S/C26H50O11S2Si/c1-19(2)18-40(5,6)34-17-22-21(14-13-20(36-38(3,29)30)10-9-11-25(27)28)24(37-39(4,31)32)16-23(22)35-26-12-7-8-15-33-26/h19-24,26H,7-18H2,1-6H3,(H,27,28)/t20-,21-,22-,23-,24-,26?/m1/s1. The van der Waals surface area contributed by atoms with Gasteiger partial charge in [-0.15, -0.1) is 0 Å². The Kier molecular flexibility index (Phi) is 14.0. The van der Waals surface area contributed by atoms with Gasteiger partial charge in [0.25, 0.3) is 20.2 Å². The Morgan fingerprint density at radius 3 is 2.27 bits per heavy atom. The van der Waals surface area contributed by atoms with Gasteiger partial charge in [-0.3, -0.25) is 13.2 Å². The number of carboxylic acids is 1. The van der Waals surface area contributed by atoms with Crippen molar-refractivity contribution in [1.82, 2.24) is 0 Å². The van der Waals surface area contributed by atoms with E-state index in [-0.39, 0.29) is 49.9 Å². The van der Waals surface area contributed by atoms with Crippen LogP contribution in [0, 0.1) is 17.8 Å². The van der Waals surface area contributed by atoms with E-state index in [1.165, 1.54) is 0 Å². The fraction of sp³-hybridized carbons (Fsp3) is 0.962. The molecule has 0 spiro atoms. The number of rotatable bonds is 18. The first-order chi connectivity index (χ1) is 18.4. The summed E-state index contributed by atoms with van der Waals surface area (Å²) in [5, 5.41) is 9.01. The molecule has 1 heterocycles. The maximum Gasteiger partial charge on any atom is 0.303 e. The summed E-state index contributed by atoms with van der Waals surface area (Å²) in [5.41, 5.74) is 0. The van der Waals surface area contributed by atoms with Crippen LogP contribution in [0.15, 0.2) is 0 Å². The lowest BCUT2D eigenvalue weighted by atomic mass is 9.88. The van der Waals surface area contributed by atoms with Crippen LogP contribution in [0.2, 0.25) is 19.1 Å². The highest BCUT2D eigenvalue weighted by Gasteiger charge is 2.47. The summed E-state index contributed by atoms with van der Waals surface area (Å²) < 4.78 is 78.0. The Hall–Kier alpha value is -0.613. The van der Waals surface area contributed by atoms with Crippen molar-refractivity contribution in [1.29, 1.82) is 0 Å². The molecule has 2 rings (SSSR count). The number of aliphatic carboxylic acids is 1. The highest BCUT2D eigenvalue weighted by atomic mass is 32.2. The molecule has 1 unspecified atom stereocenters. The Labute approximate surface area is 242 Å². The molecule has 0 radical (unpaired) electrons. The highest BCUT2D eigenvalue weighted by Crippen LogP contribution is 2.42. The van der Waals surface area contributed by atoms with Gasteiger partial charge in [-0.25, -0.2) is 0 Å². The molecule has 2 aliphatic rings. The average Bonchev–Trinajstić information content (AvgIpc) is 3.08. The van der Waals surface area contributed by atoms with Gasteiger partial charge in [-0.1, -0.05) is 13.8 Å². The maximum atomic E-state index is 12.2. The van der Waals surface area contributed by atoms with Crippen LogP contribution in [0.25, 0.3) is 0 Å². The second kappa shape index (κ2) is 15.7. The zero-order valence-electron chi connectivity index (χ0n) is 24.9. The van der Waals surface area contributed by atoms with E-state index in [0.717, 1.165) is 37.8 Å². The summed E-state index contributed by atoms with van der Waals surface area (Å²) >= 11 is 0. The first-order valence-corrected chi connectivity index (χ1v) is 21.1. The Balaban J connectivity index is 2.29. The van der Waals surface area contributed by atoms with Crippen LogP contribution in [0.4, 0.5) is 0 Å². The average molecular weight is 631 g/mol. The number of hydrogen-bond acceptors (Lipinski definition) is 10. The third kappa shape index (κ3) is 14.0. The van der Waals surface area contributed by atoms with E-state index in [9.17, 15) is 21.6 Å². The van der Waals surface area contributed by atoms with Crippen molar-refractivity contribution >= 4 is 34.5 Å². The van der Waals surface area contributed by atoms with Crippen molar-refractivity contribution in [3.63, 3.8) is 0 Å². The van der Waals surface area contributed by atoms with Gasteiger partial charge in [0.2, 0.25) is 0 Å². The molecule has 2 fully saturated rings. The molecule has 1 saturated carbocycles. The molecule has 40 heavy (non-hydrogen) atoms. The molecule has 0 amide bonds. The lowest BCUT2D eigenvalue weighted by Crippen LogP contribution is -2.39. The lowest BCUT2D eigenvalue weighted by molar-refractivity contribution is -0.197. The van der Waals surface area contributed by atoms with Gasteiger partial charge in [0, 0.05) is 32.0 Å². The monoisotopic (exact) mass is 630 g/mol. The summed E-state index contributed by atoms with van der Waals surface area (Å²) in [6, 6.07) is 0.971. The molecule has 11 nitrogen and oxygen atoms in total. The molecule has 1 saturated heterocycles. The van der Waals surface area contributed by atoms with Gasteiger partial charge in [-0.2, -0.15) is 16.8 Å². The Bertz CT molecular complexity index is 994. The van der Waals surface area contributed by atoms with Crippen LogP contribution < -0.4 is 0 Å². The van der Waals surface area contributed by atoms with Crippen LogP contribution in [-0.2, 0) is 47.3 Å². The van der Waals surface area contributed by atoms with E-state index in [2.05, 4.69) is 26.9 Å². The minimum absolute atomic E-state index is 0.101. The molecule has 6 atom stereocenters. The van der Waals surface area contributed by atoms with Crippen molar-refractivity contribution in [2.45, 2.75) is 115 Å². The van der Waals surface area contributed by atoms with Crippen LogP contribution in [0.5, 0.6) is 0 Å². The van der Waals surface area contributed by atoms with E-state index < -0.39 is 46.7 Å². The van der Waals surface area contributed by atoms with Gasteiger partial charge < -0.3 is 19.0 Å². The van der Waals surface area contributed by atoms with Gasteiger partial charge in [0.05, 0.1) is 30.8 Å². The van der Waals surface area contributed by atoms with Crippen LogP contribution >= 0.6 is 0 Å². The van der Waals surface area contributed by atoms with Gasteiger partial charge >= 0.3 is 5.97 Å². The molecule has 1 N–H and O–H groups in total. The van der Waals surface area contributed by atoms with Gasteiger partial charge in [0.1, 0.15) is 0 Å². The molecule has 0 aromatic heterocycles. The number of hydrogen-bond donors (Lipinski definition) is 1. The van der Waals surface area contributed by atoms with Crippen LogP contribution in [-0.4, -0.2) is 86.6 Å². The van der Waals surface area contributed by atoms with Crippen LogP contribution in [0.1, 0.15) is 71.6 Å². The van der Waals surface area contributed by atoms with Crippen molar-refractivity contribution in [2.75, 3.05) is 25.7 Å². The van der Waals surface area contributed by atoms with Crippen molar-refractivity contribution < 1.29 is 49.0 Å². The Morgan fingerprint density at radius 1 is 1.02 bits per heavy atom. The third-order valence-corrected chi connectivity index (χ3v) is 11.3. The first kappa shape index (κ1) is 35.6. The van der Waals surface area contributed by atoms with E-state index in [4.69, 9.17) is 27.4 Å². The topological polar surface area (TPSA) is 152 Å². The maximum absolute atomic E-state index is 12.2. The quantitative estimate of drug-likeness (QED) is 0.172. The number of carboxylic acid groups (broad SMARTS) is 1. The van der Waals surface area contributed by atoms with Gasteiger partial charge in [-0.05, 0) is 75.9 Å². The molecule has 1 aliphatic heterocycles. The van der Waals surface area contributed by atoms with E-state index >= 15 is 0 Å². The highest BCUT2D eigenvalue weighted by molar-refractivity contribution is 7.86. The summed E-state index contributed by atoms with van der Waals surface area (Å²) in [6.45, 7) is 9.63. The fourth-order valence-corrected chi connectivity index (χ4v) is 10.1. The van der Waals surface area contributed by atoms with Crippen molar-refractivity contribution in [3.05, 3.63) is 0 Å². The summed E-state index contributed by atoms with van der Waals surface area (Å²) in [5.74, 6) is -0.998. The zero-order valence-corrected chi connectivity index (χ0v) is 27.5. The molecule has 14 heteroatoms. The van der Waals surface area contributed by atoms with E-state index in [0.29, 0.717) is 32.0 Å².